The zero-order chi connectivity index (χ0) is 20.2. The van der Waals surface area contributed by atoms with Gasteiger partial charge in [-0.1, -0.05) is 6.07 Å². The van der Waals surface area contributed by atoms with Crippen LogP contribution in [-0.2, 0) is 0 Å². The van der Waals surface area contributed by atoms with Gasteiger partial charge >= 0.3 is 0 Å². The number of carbonyl (C=O) groups is 1. The van der Waals surface area contributed by atoms with Crippen molar-refractivity contribution in [3.63, 3.8) is 0 Å². The molecule has 0 fully saturated rings. The van der Waals surface area contributed by atoms with Crippen LogP contribution in [0.4, 0.5) is 5.69 Å². The molecule has 4 rings (SSSR count). The second kappa shape index (κ2) is 8.50. The first-order chi connectivity index (χ1) is 14.1. The highest BCUT2D eigenvalue weighted by Gasteiger charge is 2.17. The number of nitrogens with one attached hydrogen (secondary N) is 1. The highest BCUT2D eigenvalue weighted by atomic mass is 32.2. The van der Waals surface area contributed by atoms with Crippen molar-refractivity contribution in [2.24, 2.45) is 0 Å². The summed E-state index contributed by atoms with van der Waals surface area (Å²) in [5, 5.41) is 4.42. The maximum atomic E-state index is 12.8. The van der Waals surface area contributed by atoms with Crippen LogP contribution in [0.25, 0.3) is 10.7 Å². The Labute approximate surface area is 176 Å². The van der Waals surface area contributed by atoms with Crippen LogP contribution in [0.5, 0.6) is 0 Å². The van der Waals surface area contributed by atoms with E-state index in [1.54, 1.807) is 24.7 Å². The molecule has 0 radical (unpaired) electrons. The van der Waals surface area contributed by atoms with E-state index in [1.165, 1.54) is 23.1 Å². The largest absolute Gasteiger partial charge is 0.321 e. The summed E-state index contributed by atoms with van der Waals surface area (Å²) in [5.74, 6) is -0.169. The summed E-state index contributed by atoms with van der Waals surface area (Å²) < 4.78 is 0. The third-order valence-corrected chi connectivity index (χ3v) is 6.15. The molecule has 1 N–H and O–H groups in total. The number of hydrogen-bond acceptors (Lipinski definition) is 7. The Morgan fingerprint density at radius 1 is 1.00 bits per heavy atom. The zero-order valence-electron chi connectivity index (χ0n) is 15.8. The molecule has 0 unspecified atom stereocenters. The van der Waals surface area contributed by atoms with Crippen LogP contribution in [0, 0.1) is 13.8 Å². The van der Waals surface area contributed by atoms with Gasteiger partial charge in [-0.3, -0.25) is 9.78 Å². The summed E-state index contributed by atoms with van der Waals surface area (Å²) in [6.07, 6.45) is 5.15. The van der Waals surface area contributed by atoms with Gasteiger partial charge in [-0.15, -0.1) is 11.3 Å². The molecule has 0 aliphatic rings. The first-order valence-electron chi connectivity index (χ1n) is 8.86. The second-order valence-corrected chi connectivity index (χ2v) is 8.25. The van der Waals surface area contributed by atoms with E-state index in [2.05, 4.69) is 25.3 Å². The van der Waals surface area contributed by atoms with Crippen LogP contribution in [0.1, 0.15) is 20.9 Å². The maximum absolute atomic E-state index is 12.8. The Bertz CT molecular complexity index is 1150. The predicted octanol–water partition coefficient (Wildman–Crippen LogP) is 5.02. The summed E-state index contributed by atoms with van der Waals surface area (Å²) in [4.78, 5) is 31.7. The van der Waals surface area contributed by atoms with Gasteiger partial charge in [0.25, 0.3) is 5.91 Å². The molecular formula is C21H17N5OS2. The number of pyridine rings is 1. The fourth-order valence-electron chi connectivity index (χ4n) is 2.67. The molecule has 1 aromatic carbocycles. The van der Waals surface area contributed by atoms with Gasteiger partial charge in [0.1, 0.15) is 9.88 Å². The fraction of sp³-hybridized carbons (Fsp3) is 0.0952. The highest BCUT2D eigenvalue weighted by Crippen LogP contribution is 2.30. The maximum Gasteiger partial charge on any atom is 0.267 e. The van der Waals surface area contributed by atoms with Crippen LogP contribution in [-0.4, -0.2) is 25.8 Å². The van der Waals surface area contributed by atoms with Gasteiger partial charge in [-0.2, -0.15) is 0 Å². The lowest BCUT2D eigenvalue weighted by Gasteiger charge is -2.09. The summed E-state index contributed by atoms with van der Waals surface area (Å²) >= 11 is 2.82. The number of aromatic nitrogens is 4. The van der Waals surface area contributed by atoms with E-state index in [0.29, 0.717) is 15.7 Å². The number of nitrogens with zero attached hydrogens (tertiary/aromatic N) is 4. The summed E-state index contributed by atoms with van der Waals surface area (Å²) in [6.45, 7) is 3.80. The summed E-state index contributed by atoms with van der Waals surface area (Å²) in [7, 11) is 0. The number of hydrogen-bond donors (Lipinski definition) is 1. The number of amides is 1. The van der Waals surface area contributed by atoms with Gasteiger partial charge in [0.15, 0.2) is 5.16 Å². The molecule has 0 atom stereocenters. The van der Waals surface area contributed by atoms with Gasteiger partial charge < -0.3 is 5.32 Å². The Morgan fingerprint density at radius 3 is 2.52 bits per heavy atom. The van der Waals surface area contributed by atoms with Crippen molar-refractivity contribution in [1.82, 2.24) is 19.9 Å². The van der Waals surface area contributed by atoms with Crippen molar-refractivity contribution >= 4 is 34.7 Å². The Morgan fingerprint density at radius 2 is 1.79 bits per heavy atom. The molecule has 0 bridgehead atoms. The first kappa shape index (κ1) is 19.2. The van der Waals surface area contributed by atoms with Crippen molar-refractivity contribution in [2.45, 2.75) is 23.9 Å². The van der Waals surface area contributed by atoms with Crippen molar-refractivity contribution < 1.29 is 4.79 Å². The number of anilines is 1. The summed E-state index contributed by atoms with van der Waals surface area (Å²) in [6, 6.07) is 13.3. The molecular weight excluding hydrogens is 402 g/mol. The fourth-order valence-corrected chi connectivity index (χ4v) is 4.42. The van der Waals surface area contributed by atoms with E-state index in [-0.39, 0.29) is 5.91 Å². The molecule has 8 heteroatoms. The molecule has 6 nitrogen and oxygen atoms in total. The highest BCUT2D eigenvalue weighted by molar-refractivity contribution is 7.99. The van der Waals surface area contributed by atoms with Crippen LogP contribution in [0.3, 0.4) is 0 Å². The van der Waals surface area contributed by atoms with Gasteiger partial charge in [0, 0.05) is 29.2 Å². The third kappa shape index (κ3) is 4.49. The molecule has 0 aliphatic heterocycles. The number of carbonyl (C=O) groups excluding carboxylic acids is 1. The normalized spacial score (nSPS) is 10.7. The second-order valence-electron chi connectivity index (χ2n) is 6.21. The van der Waals surface area contributed by atoms with Gasteiger partial charge in [0.2, 0.25) is 0 Å². The first-order valence-corrected chi connectivity index (χ1v) is 10.5. The van der Waals surface area contributed by atoms with Crippen molar-refractivity contribution in [2.75, 3.05) is 5.32 Å². The van der Waals surface area contributed by atoms with Crippen LogP contribution < -0.4 is 5.32 Å². The SMILES string of the molecule is Cc1cc(Sc2ncccn2)ccc1NC(=O)c1sc(-c2ccccn2)nc1C. The van der Waals surface area contributed by atoms with E-state index in [9.17, 15) is 4.79 Å². The van der Waals surface area contributed by atoms with Crippen LogP contribution in [0.15, 0.2) is 71.1 Å². The van der Waals surface area contributed by atoms with Gasteiger partial charge in [0.05, 0.1) is 11.4 Å². The molecule has 0 spiro atoms. The Balaban J connectivity index is 1.51. The Kier molecular flexibility index (Phi) is 5.64. The average Bonchev–Trinajstić information content (AvgIpc) is 3.13. The monoisotopic (exact) mass is 419 g/mol. The van der Waals surface area contributed by atoms with Crippen molar-refractivity contribution in [3.8, 4) is 10.7 Å². The lowest BCUT2D eigenvalue weighted by Crippen LogP contribution is -2.12. The smallest absolute Gasteiger partial charge is 0.267 e. The molecule has 0 saturated heterocycles. The average molecular weight is 420 g/mol. The molecule has 4 aromatic rings. The molecule has 3 heterocycles. The van der Waals surface area contributed by atoms with Gasteiger partial charge in [-0.05, 0) is 67.6 Å². The predicted molar refractivity (Wildman–Crippen MR) is 115 cm³/mol. The Hall–Kier alpha value is -3.10. The van der Waals surface area contributed by atoms with Crippen molar-refractivity contribution in [3.05, 3.63) is 77.2 Å². The van der Waals surface area contributed by atoms with Gasteiger partial charge in [-0.25, -0.2) is 15.0 Å². The standard InChI is InChI=1S/C21H17N5OS2/c1-13-12-15(28-21-23-10-5-11-24-21)7-8-16(13)26-19(27)18-14(2)25-20(29-18)17-6-3-4-9-22-17/h3-12H,1-2H3,(H,26,27). The zero-order valence-corrected chi connectivity index (χ0v) is 17.4. The van der Waals surface area contributed by atoms with Crippen molar-refractivity contribution in [1.29, 1.82) is 0 Å². The minimum Gasteiger partial charge on any atom is -0.321 e. The number of aryl methyl sites for hydroxylation is 2. The molecule has 3 aromatic heterocycles. The molecule has 144 valence electrons. The molecule has 1 amide bonds. The number of rotatable bonds is 5. The van der Waals surface area contributed by atoms with Crippen LogP contribution in [0.2, 0.25) is 0 Å². The van der Waals surface area contributed by atoms with E-state index in [0.717, 1.165) is 26.8 Å². The minimum absolute atomic E-state index is 0.169. The minimum atomic E-state index is -0.169. The van der Waals surface area contributed by atoms with E-state index in [4.69, 9.17) is 0 Å². The number of benzene rings is 1. The number of thiazole rings is 1. The lowest BCUT2D eigenvalue weighted by atomic mass is 10.2. The van der Waals surface area contributed by atoms with E-state index >= 15 is 0 Å². The quantitative estimate of drug-likeness (QED) is 0.458. The summed E-state index contributed by atoms with van der Waals surface area (Å²) in [5.41, 5.74) is 3.19. The van der Waals surface area contributed by atoms with E-state index < -0.39 is 0 Å². The third-order valence-electron chi connectivity index (χ3n) is 4.08. The van der Waals surface area contributed by atoms with Crippen LogP contribution >= 0.6 is 23.1 Å². The topological polar surface area (TPSA) is 80.7 Å². The molecule has 0 saturated carbocycles. The molecule has 29 heavy (non-hydrogen) atoms. The molecule has 0 aliphatic carbocycles. The van der Waals surface area contributed by atoms with E-state index in [1.807, 2.05) is 50.2 Å². The lowest BCUT2D eigenvalue weighted by molar-refractivity contribution is 0.102.